The molecule has 4 nitrogen and oxygen atoms in total. The molecule has 0 bridgehead atoms. The van der Waals surface area contributed by atoms with Crippen molar-refractivity contribution in [1.29, 1.82) is 0 Å². The number of benzene rings is 1. The van der Waals surface area contributed by atoms with Crippen molar-refractivity contribution in [3.63, 3.8) is 0 Å². The third-order valence-corrected chi connectivity index (χ3v) is 2.04. The van der Waals surface area contributed by atoms with Gasteiger partial charge in [0.15, 0.2) is 0 Å². The fourth-order valence-electron chi connectivity index (χ4n) is 1.03. The van der Waals surface area contributed by atoms with Gasteiger partial charge < -0.3 is 14.6 Å². The molecular formula is C10H11BrO4. The highest BCUT2D eigenvalue weighted by molar-refractivity contribution is 9.09. The highest BCUT2D eigenvalue weighted by Gasteiger charge is 2.12. The van der Waals surface area contributed by atoms with Crippen LogP contribution in [0.5, 0.6) is 11.5 Å². The van der Waals surface area contributed by atoms with Crippen molar-refractivity contribution in [1.82, 2.24) is 0 Å². The van der Waals surface area contributed by atoms with Crippen LogP contribution in [0, 0.1) is 0 Å². The highest BCUT2D eigenvalue weighted by atomic mass is 79.9. The number of ether oxygens (including phenoxy) is 2. The number of hydrogen-bond donors (Lipinski definition) is 1. The van der Waals surface area contributed by atoms with Gasteiger partial charge in [-0.2, -0.15) is 0 Å². The van der Waals surface area contributed by atoms with Gasteiger partial charge in [0, 0.05) is 5.33 Å². The molecule has 15 heavy (non-hydrogen) atoms. The van der Waals surface area contributed by atoms with Crippen LogP contribution < -0.4 is 4.74 Å². The van der Waals surface area contributed by atoms with E-state index in [0.29, 0.717) is 17.7 Å². The van der Waals surface area contributed by atoms with Crippen molar-refractivity contribution in [3.8, 4) is 11.5 Å². The van der Waals surface area contributed by atoms with E-state index >= 15 is 0 Å². The van der Waals surface area contributed by atoms with Crippen LogP contribution in [0.15, 0.2) is 18.2 Å². The van der Waals surface area contributed by atoms with E-state index in [2.05, 4.69) is 20.7 Å². The summed E-state index contributed by atoms with van der Waals surface area (Å²) in [5.74, 6) is -0.183. The highest BCUT2D eigenvalue weighted by Crippen LogP contribution is 2.23. The van der Waals surface area contributed by atoms with Gasteiger partial charge in [0.2, 0.25) is 0 Å². The zero-order chi connectivity index (χ0) is 11.3. The smallest absolute Gasteiger partial charge is 0.341 e. The number of esters is 1. The fourth-order valence-corrected chi connectivity index (χ4v) is 1.20. The molecule has 0 aromatic heterocycles. The molecule has 0 amide bonds. The van der Waals surface area contributed by atoms with Gasteiger partial charge in [-0.3, -0.25) is 0 Å². The molecule has 0 aliphatic rings. The lowest BCUT2D eigenvalue weighted by atomic mass is 10.2. The minimum Gasteiger partial charge on any atom is -0.507 e. The zero-order valence-corrected chi connectivity index (χ0v) is 9.78. The number of methoxy groups -OCH3 is 1. The third-order valence-electron chi connectivity index (χ3n) is 1.72. The van der Waals surface area contributed by atoms with Crippen LogP contribution >= 0.6 is 15.9 Å². The summed E-state index contributed by atoms with van der Waals surface area (Å²) < 4.78 is 9.79. The minimum absolute atomic E-state index is 0.101. The molecule has 5 heteroatoms. The number of halogens is 1. The van der Waals surface area contributed by atoms with Gasteiger partial charge in [-0.05, 0) is 18.2 Å². The van der Waals surface area contributed by atoms with Crippen molar-refractivity contribution in [2.75, 3.05) is 19.0 Å². The number of carbonyl (C=O) groups is 1. The fraction of sp³-hybridized carbons (Fsp3) is 0.300. The van der Waals surface area contributed by atoms with E-state index in [1.165, 1.54) is 19.2 Å². The average molecular weight is 275 g/mol. The molecule has 1 rings (SSSR count). The van der Waals surface area contributed by atoms with Gasteiger partial charge in [-0.1, -0.05) is 15.9 Å². The number of carbonyl (C=O) groups excluding carboxylic acids is 1. The molecule has 0 spiro atoms. The number of phenolic OH excluding ortho intramolecular Hbond substituents is 1. The molecule has 0 saturated heterocycles. The molecule has 0 unspecified atom stereocenters. The summed E-state index contributed by atoms with van der Waals surface area (Å²) in [6.45, 7) is 0.491. The SMILES string of the molecule is COC(=O)c1cc(OCCBr)ccc1O. The van der Waals surface area contributed by atoms with Gasteiger partial charge in [0.05, 0.1) is 13.7 Å². The molecule has 0 aliphatic carbocycles. The first-order valence-electron chi connectivity index (χ1n) is 4.29. The molecule has 0 heterocycles. The van der Waals surface area contributed by atoms with Crippen molar-refractivity contribution < 1.29 is 19.4 Å². The summed E-state index contributed by atoms with van der Waals surface area (Å²) in [4.78, 5) is 11.2. The first-order chi connectivity index (χ1) is 7.19. The van der Waals surface area contributed by atoms with Gasteiger partial charge in [0.1, 0.15) is 17.1 Å². The second-order valence-electron chi connectivity index (χ2n) is 2.71. The molecule has 1 N–H and O–H groups in total. The van der Waals surface area contributed by atoms with Crippen molar-refractivity contribution >= 4 is 21.9 Å². The van der Waals surface area contributed by atoms with Crippen LogP contribution in [0.2, 0.25) is 0 Å². The molecule has 1 aromatic carbocycles. The second kappa shape index (κ2) is 5.60. The summed E-state index contributed by atoms with van der Waals surface area (Å²) in [6, 6.07) is 4.43. The Morgan fingerprint density at radius 2 is 2.27 bits per heavy atom. The van der Waals surface area contributed by atoms with E-state index in [9.17, 15) is 9.90 Å². The average Bonchev–Trinajstić information content (AvgIpc) is 2.27. The molecule has 0 atom stereocenters. The topological polar surface area (TPSA) is 55.8 Å². The standard InChI is InChI=1S/C10H11BrO4/c1-14-10(13)8-6-7(15-5-4-11)2-3-9(8)12/h2-3,6,12H,4-5H2,1H3. The Hall–Kier alpha value is -1.23. The molecule has 0 fully saturated rings. The van der Waals surface area contributed by atoms with Crippen LogP contribution in [0.1, 0.15) is 10.4 Å². The molecular weight excluding hydrogens is 264 g/mol. The Balaban J connectivity index is 2.89. The van der Waals surface area contributed by atoms with E-state index in [4.69, 9.17) is 4.74 Å². The number of aromatic hydroxyl groups is 1. The number of alkyl halides is 1. The predicted octanol–water partition coefficient (Wildman–Crippen LogP) is 1.95. The molecule has 82 valence electrons. The Kier molecular flexibility index (Phi) is 4.42. The number of rotatable bonds is 4. The zero-order valence-electron chi connectivity index (χ0n) is 8.20. The van der Waals surface area contributed by atoms with Crippen LogP contribution in [-0.2, 0) is 4.74 Å². The second-order valence-corrected chi connectivity index (χ2v) is 3.50. The van der Waals surface area contributed by atoms with Gasteiger partial charge in [-0.15, -0.1) is 0 Å². The van der Waals surface area contributed by atoms with E-state index in [-0.39, 0.29) is 11.3 Å². The normalized spacial score (nSPS) is 9.73. The molecule has 1 aromatic rings. The molecule has 0 radical (unpaired) electrons. The first kappa shape index (κ1) is 11.8. The molecule has 0 aliphatic heterocycles. The van der Waals surface area contributed by atoms with Crippen LogP contribution in [0.3, 0.4) is 0 Å². The summed E-state index contributed by atoms with van der Waals surface area (Å²) in [5.41, 5.74) is 0.101. The minimum atomic E-state index is -0.586. The van der Waals surface area contributed by atoms with E-state index in [0.717, 1.165) is 0 Å². The molecule has 0 saturated carbocycles. The maximum Gasteiger partial charge on any atom is 0.341 e. The maximum atomic E-state index is 11.2. The lowest BCUT2D eigenvalue weighted by molar-refractivity contribution is 0.0597. The van der Waals surface area contributed by atoms with Gasteiger partial charge in [0.25, 0.3) is 0 Å². The summed E-state index contributed by atoms with van der Waals surface area (Å²) in [5, 5.41) is 10.1. The van der Waals surface area contributed by atoms with Crippen LogP contribution in [0.4, 0.5) is 0 Å². The summed E-state index contributed by atoms with van der Waals surface area (Å²) in [7, 11) is 1.26. The van der Waals surface area contributed by atoms with E-state index in [1.807, 2.05) is 0 Å². The Bertz CT molecular complexity index is 351. The van der Waals surface area contributed by atoms with Gasteiger partial charge >= 0.3 is 5.97 Å². The maximum absolute atomic E-state index is 11.2. The van der Waals surface area contributed by atoms with E-state index < -0.39 is 5.97 Å². The lowest BCUT2D eigenvalue weighted by Gasteiger charge is -2.07. The lowest BCUT2D eigenvalue weighted by Crippen LogP contribution is -2.03. The number of phenols is 1. The Morgan fingerprint density at radius 1 is 1.53 bits per heavy atom. The Morgan fingerprint density at radius 3 is 2.87 bits per heavy atom. The first-order valence-corrected chi connectivity index (χ1v) is 5.41. The monoisotopic (exact) mass is 274 g/mol. The van der Waals surface area contributed by atoms with Crippen molar-refractivity contribution in [2.45, 2.75) is 0 Å². The van der Waals surface area contributed by atoms with Gasteiger partial charge in [-0.25, -0.2) is 4.79 Å². The Labute approximate surface area is 95.9 Å². The summed E-state index contributed by atoms with van der Waals surface area (Å²) in [6.07, 6.45) is 0. The van der Waals surface area contributed by atoms with Crippen LogP contribution in [-0.4, -0.2) is 30.1 Å². The van der Waals surface area contributed by atoms with E-state index in [1.54, 1.807) is 6.07 Å². The predicted molar refractivity (Wildman–Crippen MR) is 58.7 cm³/mol. The third kappa shape index (κ3) is 3.13. The van der Waals surface area contributed by atoms with Crippen molar-refractivity contribution in [2.24, 2.45) is 0 Å². The van der Waals surface area contributed by atoms with Crippen LogP contribution in [0.25, 0.3) is 0 Å². The largest absolute Gasteiger partial charge is 0.507 e. The number of hydrogen-bond acceptors (Lipinski definition) is 4. The quantitative estimate of drug-likeness (QED) is 0.674. The van der Waals surface area contributed by atoms with Crippen molar-refractivity contribution in [3.05, 3.63) is 23.8 Å². The summed E-state index contributed by atoms with van der Waals surface area (Å²) >= 11 is 3.22.